The second-order valence-corrected chi connectivity index (χ2v) is 9.06. The van der Waals surface area contributed by atoms with Gasteiger partial charge in [0.15, 0.2) is 5.96 Å². The summed E-state index contributed by atoms with van der Waals surface area (Å²) in [6, 6.07) is 4.87. The van der Waals surface area contributed by atoms with E-state index >= 15 is 0 Å². The van der Waals surface area contributed by atoms with Gasteiger partial charge in [-0.2, -0.15) is 0 Å². The maximum atomic E-state index is 13.2. The van der Waals surface area contributed by atoms with Gasteiger partial charge >= 0.3 is 0 Å². The second-order valence-electron chi connectivity index (χ2n) is 7.07. The highest BCUT2D eigenvalue weighted by molar-refractivity contribution is 14.0. The maximum Gasteiger partial charge on any atom is 0.211 e. The Bertz CT molecular complexity index is 750. The molecule has 1 fully saturated rings. The zero-order valence-corrected chi connectivity index (χ0v) is 20.0. The number of aryl methyl sites for hydroxylation is 1. The average Bonchev–Trinajstić information content (AvgIpc) is 2.61. The molecular weight excluding hydrogens is 494 g/mol. The van der Waals surface area contributed by atoms with Crippen molar-refractivity contribution < 1.29 is 12.8 Å². The van der Waals surface area contributed by atoms with Gasteiger partial charge in [-0.15, -0.1) is 24.0 Å². The highest BCUT2D eigenvalue weighted by atomic mass is 127. The fourth-order valence-corrected chi connectivity index (χ4v) is 4.12. The third kappa shape index (κ3) is 8.20. The van der Waals surface area contributed by atoms with Gasteiger partial charge in [-0.05, 0) is 62.3 Å². The van der Waals surface area contributed by atoms with E-state index in [9.17, 15) is 12.8 Å². The van der Waals surface area contributed by atoms with Crippen LogP contribution in [-0.2, 0) is 16.4 Å². The molecule has 0 unspecified atom stereocenters. The fraction of sp³-hybridized carbons (Fsp3) is 0.632. The Hall–Kier alpha value is -0.940. The molecule has 0 aliphatic carbocycles. The van der Waals surface area contributed by atoms with Crippen molar-refractivity contribution in [3.8, 4) is 0 Å². The third-order valence-corrected chi connectivity index (χ3v) is 6.19. The van der Waals surface area contributed by atoms with Crippen molar-refractivity contribution in [2.45, 2.75) is 33.1 Å². The van der Waals surface area contributed by atoms with Gasteiger partial charge in [0.25, 0.3) is 0 Å². The zero-order valence-electron chi connectivity index (χ0n) is 16.9. The SMILES string of the molecule is CCNC(=NCC1CCN(S(C)(=O)=O)CC1)NCCc1ccc(F)cc1C.I. The molecule has 0 bridgehead atoms. The van der Waals surface area contributed by atoms with Gasteiger partial charge in [-0.25, -0.2) is 17.1 Å². The minimum absolute atomic E-state index is 0. The molecule has 6 nitrogen and oxygen atoms in total. The summed E-state index contributed by atoms with van der Waals surface area (Å²) in [6.07, 6.45) is 3.74. The summed E-state index contributed by atoms with van der Waals surface area (Å²) in [4.78, 5) is 4.66. The molecule has 0 aromatic heterocycles. The van der Waals surface area contributed by atoms with Crippen LogP contribution in [0.15, 0.2) is 23.2 Å². The van der Waals surface area contributed by atoms with E-state index in [0.29, 0.717) is 32.1 Å². The number of aliphatic imine (C=N–C) groups is 1. The van der Waals surface area contributed by atoms with Crippen molar-refractivity contribution in [3.63, 3.8) is 0 Å². The van der Waals surface area contributed by atoms with Gasteiger partial charge < -0.3 is 10.6 Å². The van der Waals surface area contributed by atoms with Crippen molar-refractivity contribution >= 4 is 40.0 Å². The average molecular weight is 526 g/mol. The lowest BCUT2D eigenvalue weighted by Gasteiger charge is -2.29. The predicted octanol–water partition coefficient (Wildman–Crippen LogP) is 2.52. The summed E-state index contributed by atoms with van der Waals surface area (Å²) in [7, 11) is -3.08. The first kappa shape index (κ1) is 25.1. The van der Waals surface area contributed by atoms with Gasteiger partial charge in [0.05, 0.1) is 6.26 Å². The Morgan fingerprint density at radius 1 is 1.29 bits per heavy atom. The molecule has 0 amide bonds. The molecule has 0 saturated carbocycles. The number of halogens is 2. The van der Waals surface area contributed by atoms with Crippen LogP contribution in [0.5, 0.6) is 0 Å². The van der Waals surface area contributed by atoms with E-state index in [4.69, 9.17) is 0 Å². The van der Waals surface area contributed by atoms with Gasteiger partial charge in [-0.1, -0.05) is 6.07 Å². The topological polar surface area (TPSA) is 73.8 Å². The number of guanidine groups is 1. The van der Waals surface area contributed by atoms with Crippen LogP contribution in [0.2, 0.25) is 0 Å². The summed E-state index contributed by atoms with van der Waals surface area (Å²) in [5, 5.41) is 6.56. The molecule has 1 heterocycles. The van der Waals surface area contributed by atoms with Crippen molar-refractivity contribution in [3.05, 3.63) is 35.1 Å². The molecule has 1 saturated heterocycles. The van der Waals surface area contributed by atoms with Crippen LogP contribution >= 0.6 is 24.0 Å². The number of piperidine rings is 1. The molecule has 28 heavy (non-hydrogen) atoms. The zero-order chi connectivity index (χ0) is 19.9. The summed E-state index contributed by atoms with van der Waals surface area (Å²) in [5.74, 6) is 0.960. The normalized spacial score (nSPS) is 16.5. The molecule has 0 radical (unpaired) electrons. The number of rotatable bonds is 7. The Morgan fingerprint density at radius 3 is 2.54 bits per heavy atom. The predicted molar refractivity (Wildman–Crippen MR) is 123 cm³/mol. The third-order valence-electron chi connectivity index (χ3n) is 4.89. The first-order valence-corrected chi connectivity index (χ1v) is 11.4. The Kier molecular flexibility index (Phi) is 10.7. The first-order valence-electron chi connectivity index (χ1n) is 9.52. The summed E-state index contributed by atoms with van der Waals surface area (Å²) in [6.45, 7) is 7.26. The standard InChI is InChI=1S/C19H31FN4O2S.HI/c1-4-21-19(22-10-7-17-5-6-18(20)13-15(17)2)23-14-16-8-11-24(12-9-16)27(3,25)26;/h5-6,13,16H,4,7-12,14H2,1-3H3,(H2,21,22,23);1H. The van der Waals surface area contributed by atoms with E-state index in [-0.39, 0.29) is 29.8 Å². The molecule has 1 aliphatic rings. The van der Waals surface area contributed by atoms with Gasteiger partial charge in [0, 0.05) is 32.7 Å². The van der Waals surface area contributed by atoms with Crippen molar-refractivity contribution in [1.29, 1.82) is 0 Å². The lowest BCUT2D eigenvalue weighted by Crippen LogP contribution is -2.40. The quantitative estimate of drug-likeness (QED) is 0.326. The lowest BCUT2D eigenvalue weighted by molar-refractivity contribution is 0.280. The van der Waals surface area contributed by atoms with Crippen LogP contribution in [-0.4, -0.2) is 57.7 Å². The monoisotopic (exact) mass is 526 g/mol. The number of hydrogen-bond donors (Lipinski definition) is 2. The largest absolute Gasteiger partial charge is 0.357 e. The molecular formula is C19H32FIN4O2S. The Morgan fingerprint density at radius 2 is 1.96 bits per heavy atom. The molecule has 0 spiro atoms. The molecule has 1 aromatic carbocycles. The van der Waals surface area contributed by atoms with Crippen molar-refractivity contribution in [1.82, 2.24) is 14.9 Å². The number of benzene rings is 1. The van der Waals surface area contributed by atoms with Crippen LogP contribution in [0.4, 0.5) is 4.39 Å². The number of nitrogens with one attached hydrogen (secondary N) is 2. The van der Waals surface area contributed by atoms with Crippen LogP contribution in [0.1, 0.15) is 30.9 Å². The van der Waals surface area contributed by atoms with E-state index in [1.807, 2.05) is 19.9 Å². The maximum absolute atomic E-state index is 13.2. The molecule has 160 valence electrons. The number of hydrogen-bond acceptors (Lipinski definition) is 3. The van der Waals surface area contributed by atoms with E-state index < -0.39 is 10.0 Å². The van der Waals surface area contributed by atoms with E-state index in [1.165, 1.54) is 12.3 Å². The van der Waals surface area contributed by atoms with E-state index in [1.54, 1.807) is 10.4 Å². The summed E-state index contributed by atoms with van der Waals surface area (Å²) < 4.78 is 37.9. The Labute approximate surface area is 185 Å². The fourth-order valence-electron chi connectivity index (χ4n) is 3.24. The van der Waals surface area contributed by atoms with Crippen LogP contribution in [0.25, 0.3) is 0 Å². The van der Waals surface area contributed by atoms with E-state index in [2.05, 4.69) is 15.6 Å². The van der Waals surface area contributed by atoms with Crippen LogP contribution in [0, 0.1) is 18.7 Å². The van der Waals surface area contributed by atoms with Gasteiger partial charge in [0.1, 0.15) is 5.82 Å². The smallest absolute Gasteiger partial charge is 0.211 e. The van der Waals surface area contributed by atoms with Crippen molar-refractivity contribution in [2.75, 3.05) is 39.0 Å². The Balaban J connectivity index is 0.00000392. The van der Waals surface area contributed by atoms with Crippen LogP contribution in [0.3, 0.4) is 0 Å². The molecule has 9 heteroatoms. The summed E-state index contributed by atoms with van der Waals surface area (Å²) >= 11 is 0. The van der Waals surface area contributed by atoms with Gasteiger partial charge in [0.2, 0.25) is 10.0 Å². The molecule has 0 atom stereocenters. The minimum atomic E-state index is -3.08. The highest BCUT2D eigenvalue weighted by Gasteiger charge is 2.24. The van der Waals surface area contributed by atoms with Crippen LogP contribution < -0.4 is 10.6 Å². The number of sulfonamides is 1. The van der Waals surface area contributed by atoms with E-state index in [0.717, 1.165) is 42.9 Å². The molecule has 1 aliphatic heterocycles. The van der Waals surface area contributed by atoms with Gasteiger partial charge in [-0.3, -0.25) is 4.99 Å². The molecule has 2 N–H and O–H groups in total. The molecule has 1 aromatic rings. The van der Waals surface area contributed by atoms with Crippen molar-refractivity contribution in [2.24, 2.45) is 10.9 Å². The second kappa shape index (κ2) is 11.9. The first-order chi connectivity index (χ1) is 12.8. The number of nitrogens with zero attached hydrogens (tertiary/aromatic N) is 2. The minimum Gasteiger partial charge on any atom is -0.357 e. The lowest BCUT2D eigenvalue weighted by atomic mass is 9.98. The highest BCUT2D eigenvalue weighted by Crippen LogP contribution is 2.19. The summed E-state index contributed by atoms with van der Waals surface area (Å²) in [5.41, 5.74) is 2.07. The molecule has 2 rings (SSSR count).